The Morgan fingerprint density at radius 3 is 2.54 bits per heavy atom. The Morgan fingerprint density at radius 1 is 1.10 bits per heavy atom. The summed E-state index contributed by atoms with van der Waals surface area (Å²) < 4.78 is 30.4. The summed E-state index contributed by atoms with van der Waals surface area (Å²) in [6, 6.07) is 9.24. The van der Waals surface area contributed by atoms with Crippen LogP contribution < -0.4 is 10.6 Å². The average Bonchev–Trinajstić information content (AvgIpc) is 2.95. The molecule has 2 aromatic carbocycles. The molecule has 1 saturated carbocycles. The number of nitrogens with zero attached hydrogens (tertiary/aromatic N) is 1. The van der Waals surface area contributed by atoms with Crippen LogP contribution in [0.2, 0.25) is 0 Å². The van der Waals surface area contributed by atoms with Gasteiger partial charge in [0.15, 0.2) is 0 Å². The van der Waals surface area contributed by atoms with Crippen molar-refractivity contribution in [2.75, 3.05) is 33.2 Å². The first-order valence-corrected chi connectivity index (χ1v) is 14.8. The van der Waals surface area contributed by atoms with Crippen LogP contribution >= 0.6 is 0 Å². The zero-order valence-corrected chi connectivity index (χ0v) is 24.1. The number of carbonyl (C=O) groups excluding carboxylic acids is 1. The molecule has 224 valence electrons. The van der Waals surface area contributed by atoms with Gasteiger partial charge in [0, 0.05) is 43.1 Å². The van der Waals surface area contributed by atoms with Gasteiger partial charge in [-0.15, -0.1) is 0 Å². The van der Waals surface area contributed by atoms with E-state index in [1.165, 1.54) is 6.07 Å². The Bertz CT molecular complexity index is 1220. The van der Waals surface area contributed by atoms with Gasteiger partial charge in [0.1, 0.15) is 11.6 Å². The predicted octanol–water partition coefficient (Wildman–Crippen LogP) is 5.44. The fraction of sp³-hybridized carbons (Fsp3) is 0.562. The second-order valence-corrected chi connectivity index (χ2v) is 11.8. The van der Waals surface area contributed by atoms with E-state index in [0.717, 1.165) is 43.9 Å². The molecule has 9 heteroatoms. The minimum absolute atomic E-state index is 0.0517. The van der Waals surface area contributed by atoms with E-state index in [-0.39, 0.29) is 48.9 Å². The molecular weight excluding hydrogens is 528 g/mol. The number of rotatable bonds is 10. The standard InChI is InChI=1S/C32H43F2N3O4/c1-21-6-3-7-24(16-21)29-27(17-26(33)18-28(29)34)32(41,13-5-14-36-31(39)40)25-8-4-15-37(20-25)30(38)23-11-9-22(10-12-23)19-35-2/h3,6-7,16-18,22-23,25,35-36,41H,4-5,8-15,19-20H2,1-2H3,(H,39,40)/t22-,23-,25?,32?. The molecule has 0 bridgehead atoms. The SMILES string of the molecule is CNC[C@H]1CC[C@H](C(=O)N2CCCC(C(O)(CCCNC(=O)O)c3cc(F)cc(F)c3-c3cccc(C)c3)C2)CC1. The van der Waals surface area contributed by atoms with Crippen LogP contribution in [0.5, 0.6) is 0 Å². The van der Waals surface area contributed by atoms with Crippen molar-refractivity contribution >= 4 is 12.0 Å². The number of benzene rings is 2. The monoisotopic (exact) mass is 571 g/mol. The topological polar surface area (TPSA) is 102 Å². The van der Waals surface area contributed by atoms with Gasteiger partial charge in [-0.2, -0.15) is 0 Å². The lowest BCUT2D eigenvalue weighted by Gasteiger charge is -2.44. The maximum atomic E-state index is 15.5. The molecule has 1 aliphatic heterocycles. The molecule has 2 unspecified atom stereocenters. The molecular formula is C32H43F2N3O4. The molecule has 7 nitrogen and oxygen atoms in total. The fourth-order valence-electron chi connectivity index (χ4n) is 6.85. The summed E-state index contributed by atoms with van der Waals surface area (Å²) >= 11 is 0. The predicted molar refractivity (Wildman–Crippen MR) is 154 cm³/mol. The lowest BCUT2D eigenvalue weighted by Crippen LogP contribution is -2.50. The van der Waals surface area contributed by atoms with Crippen LogP contribution in [0.25, 0.3) is 11.1 Å². The first-order valence-electron chi connectivity index (χ1n) is 14.8. The Hall–Kier alpha value is -3.04. The van der Waals surface area contributed by atoms with E-state index in [1.54, 1.807) is 18.2 Å². The van der Waals surface area contributed by atoms with E-state index in [1.807, 2.05) is 24.9 Å². The lowest BCUT2D eigenvalue weighted by atomic mass is 9.71. The normalized spacial score (nSPS) is 22.7. The largest absolute Gasteiger partial charge is 0.465 e. The average molecular weight is 572 g/mol. The van der Waals surface area contributed by atoms with Gasteiger partial charge in [-0.1, -0.05) is 29.8 Å². The molecule has 2 amide bonds. The third-order valence-electron chi connectivity index (χ3n) is 8.94. The van der Waals surface area contributed by atoms with Crippen LogP contribution in [0.1, 0.15) is 62.5 Å². The molecule has 41 heavy (non-hydrogen) atoms. The van der Waals surface area contributed by atoms with Crippen molar-refractivity contribution in [1.29, 1.82) is 0 Å². The number of piperidine rings is 1. The fourth-order valence-corrected chi connectivity index (χ4v) is 6.85. The molecule has 1 aliphatic carbocycles. The minimum Gasteiger partial charge on any atom is -0.465 e. The van der Waals surface area contributed by atoms with Gasteiger partial charge in [0.2, 0.25) is 5.91 Å². The summed E-state index contributed by atoms with van der Waals surface area (Å²) in [5.74, 6) is -1.42. The highest BCUT2D eigenvalue weighted by atomic mass is 19.1. The van der Waals surface area contributed by atoms with Crippen LogP contribution in [-0.2, 0) is 10.4 Å². The van der Waals surface area contributed by atoms with Gasteiger partial charge in [0.25, 0.3) is 0 Å². The van der Waals surface area contributed by atoms with Crippen molar-refractivity contribution in [2.24, 2.45) is 17.8 Å². The molecule has 0 spiro atoms. The van der Waals surface area contributed by atoms with Crippen molar-refractivity contribution in [2.45, 2.75) is 63.9 Å². The highest BCUT2D eigenvalue weighted by Gasteiger charge is 2.44. The molecule has 1 saturated heterocycles. The van der Waals surface area contributed by atoms with Crippen LogP contribution in [0.15, 0.2) is 36.4 Å². The van der Waals surface area contributed by atoms with Gasteiger partial charge >= 0.3 is 6.09 Å². The Balaban J connectivity index is 1.66. The van der Waals surface area contributed by atoms with Crippen molar-refractivity contribution < 1.29 is 28.6 Å². The smallest absolute Gasteiger partial charge is 0.404 e. The van der Waals surface area contributed by atoms with Gasteiger partial charge in [-0.25, -0.2) is 13.6 Å². The zero-order chi connectivity index (χ0) is 29.6. The van der Waals surface area contributed by atoms with Crippen molar-refractivity contribution in [3.8, 4) is 11.1 Å². The van der Waals surface area contributed by atoms with Crippen molar-refractivity contribution in [1.82, 2.24) is 15.5 Å². The second kappa shape index (κ2) is 13.7. The zero-order valence-electron chi connectivity index (χ0n) is 24.1. The summed E-state index contributed by atoms with van der Waals surface area (Å²) in [6.07, 6.45) is 4.07. The highest BCUT2D eigenvalue weighted by Crippen LogP contribution is 2.45. The molecule has 2 atom stereocenters. The Kier molecular flexibility index (Phi) is 10.4. The molecule has 1 heterocycles. The third kappa shape index (κ3) is 7.43. The number of aryl methyl sites for hydroxylation is 1. The molecule has 0 aromatic heterocycles. The van der Waals surface area contributed by atoms with Gasteiger partial charge in [-0.05, 0) is 95.0 Å². The molecule has 0 radical (unpaired) electrons. The van der Waals surface area contributed by atoms with Crippen LogP contribution in [0.4, 0.5) is 13.6 Å². The summed E-state index contributed by atoms with van der Waals surface area (Å²) in [5, 5.41) is 27.1. The van der Waals surface area contributed by atoms with Gasteiger partial charge in [0.05, 0.1) is 5.60 Å². The van der Waals surface area contributed by atoms with Crippen LogP contribution in [0, 0.1) is 36.3 Å². The Labute approximate surface area is 241 Å². The number of aliphatic hydroxyl groups is 1. The lowest BCUT2D eigenvalue weighted by molar-refractivity contribution is -0.142. The molecule has 4 rings (SSSR count). The van der Waals surface area contributed by atoms with E-state index in [4.69, 9.17) is 5.11 Å². The first kappa shape index (κ1) is 30.9. The molecule has 4 N–H and O–H groups in total. The van der Waals surface area contributed by atoms with E-state index in [0.29, 0.717) is 30.9 Å². The van der Waals surface area contributed by atoms with E-state index < -0.39 is 29.2 Å². The number of likely N-dealkylation sites (tertiary alicyclic amines) is 1. The Morgan fingerprint density at radius 2 is 1.85 bits per heavy atom. The van der Waals surface area contributed by atoms with E-state index >= 15 is 4.39 Å². The first-order chi connectivity index (χ1) is 19.6. The quantitative estimate of drug-likeness (QED) is 0.285. The molecule has 2 aliphatic rings. The number of hydrogen-bond donors (Lipinski definition) is 4. The second-order valence-electron chi connectivity index (χ2n) is 11.8. The number of carboxylic acid groups (broad SMARTS) is 1. The molecule has 2 fully saturated rings. The van der Waals surface area contributed by atoms with Crippen LogP contribution in [-0.4, -0.2) is 60.3 Å². The number of halogens is 2. The summed E-state index contributed by atoms with van der Waals surface area (Å²) in [6.45, 7) is 3.78. The van der Waals surface area contributed by atoms with Crippen molar-refractivity contribution in [3.63, 3.8) is 0 Å². The maximum absolute atomic E-state index is 15.5. The van der Waals surface area contributed by atoms with Crippen LogP contribution in [0.3, 0.4) is 0 Å². The summed E-state index contributed by atoms with van der Waals surface area (Å²) in [5.41, 5.74) is 0.0100. The maximum Gasteiger partial charge on any atom is 0.404 e. The highest BCUT2D eigenvalue weighted by molar-refractivity contribution is 5.79. The van der Waals surface area contributed by atoms with Gasteiger partial charge < -0.3 is 25.7 Å². The van der Waals surface area contributed by atoms with E-state index in [9.17, 15) is 19.1 Å². The summed E-state index contributed by atoms with van der Waals surface area (Å²) in [7, 11) is 1.94. The van der Waals surface area contributed by atoms with Gasteiger partial charge in [-0.3, -0.25) is 4.79 Å². The third-order valence-corrected chi connectivity index (χ3v) is 8.94. The number of nitrogens with one attached hydrogen (secondary N) is 2. The molecule has 2 aromatic rings. The van der Waals surface area contributed by atoms with E-state index in [2.05, 4.69) is 10.6 Å². The summed E-state index contributed by atoms with van der Waals surface area (Å²) in [4.78, 5) is 26.5. The number of carbonyl (C=O) groups is 2. The van der Waals surface area contributed by atoms with Crippen molar-refractivity contribution in [3.05, 3.63) is 59.2 Å². The number of amides is 2. The minimum atomic E-state index is -1.69. The number of hydrogen-bond acceptors (Lipinski definition) is 4.